The summed E-state index contributed by atoms with van der Waals surface area (Å²) in [6, 6.07) is 4.78. The minimum Gasteiger partial charge on any atom is -0.361 e. The lowest BCUT2D eigenvalue weighted by molar-refractivity contribution is -0.113. The molecule has 0 unspecified atom stereocenters. The number of carbonyl (C=O) groups is 1. The van der Waals surface area contributed by atoms with Crippen LogP contribution in [0.4, 0.5) is 14.5 Å². The van der Waals surface area contributed by atoms with Crippen LogP contribution in [0, 0.1) is 18.6 Å². The molecule has 0 aliphatic rings. The van der Waals surface area contributed by atoms with Crippen molar-refractivity contribution in [1.29, 1.82) is 0 Å². The topological polar surface area (TPSA) is 55.1 Å². The predicted octanol–water partition coefficient (Wildman–Crippen LogP) is 3.13. The molecule has 2 rings (SSSR count). The first kappa shape index (κ1) is 14.5. The second kappa shape index (κ2) is 6.51. The van der Waals surface area contributed by atoms with Crippen LogP contribution in [0.15, 0.2) is 28.8 Å². The number of anilines is 1. The third-order valence-corrected chi connectivity index (χ3v) is 3.33. The Morgan fingerprint density at radius 2 is 2.20 bits per heavy atom. The average Bonchev–Trinajstić information content (AvgIpc) is 2.79. The van der Waals surface area contributed by atoms with Crippen LogP contribution in [0.5, 0.6) is 0 Å². The van der Waals surface area contributed by atoms with Crippen molar-refractivity contribution < 1.29 is 18.1 Å². The number of aromatic nitrogens is 1. The maximum Gasteiger partial charge on any atom is 0.234 e. The van der Waals surface area contributed by atoms with Crippen molar-refractivity contribution in [2.24, 2.45) is 0 Å². The molecule has 4 nitrogen and oxygen atoms in total. The smallest absolute Gasteiger partial charge is 0.234 e. The highest BCUT2D eigenvalue weighted by Gasteiger charge is 2.09. The Morgan fingerprint density at radius 1 is 1.40 bits per heavy atom. The molecular formula is C13H12F2N2O2S. The molecule has 0 fully saturated rings. The zero-order valence-electron chi connectivity index (χ0n) is 10.7. The van der Waals surface area contributed by atoms with Crippen molar-refractivity contribution >= 4 is 23.4 Å². The van der Waals surface area contributed by atoms with Gasteiger partial charge in [-0.2, -0.15) is 0 Å². The highest BCUT2D eigenvalue weighted by atomic mass is 32.2. The Bertz CT molecular complexity index is 616. The fraction of sp³-hybridized carbons (Fsp3) is 0.231. The number of thioether (sulfide) groups is 1. The summed E-state index contributed by atoms with van der Waals surface area (Å²) in [6.07, 6.45) is 0. The summed E-state index contributed by atoms with van der Waals surface area (Å²) in [4.78, 5) is 11.6. The summed E-state index contributed by atoms with van der Waals surface area (Å²) in [5.74, 6) is -0.467. The highest BCUT2D eigenvalue weighted by Crippen LogP contribution is 2.16. The average molecular weight is 298 g/mol. The number of aryl methyl sites for hydroxylation is 1. The first-order valence-electron chi connectivity index (χ1n) is 5.79. The minimum absolute atomic E-state index is 0.0331. The van der Waals surface area contributed by atoms with Gasteiger partial charge >= 0.3 is 0 Å². The van der Waals surface area contributed by atoms with E-state index >= 15 is 0 Å². The van der Waals surface area contributed by atoms with Crippen LogP contribution in [0.1, 0.15) is 11.5 Å². The van der Waals surface area contributed by atoms with E-state index in [-0.39, 0.29) is 17.3 Å². The van der Waals surface area contributed by atoms with Crippen LogP contribution >= 0.6 is 11.8 Å². The number of amides is 1. The van der Waals surface area contributed by atoms with Crippen molar-refractivity contribution in [3.63, 3.8) is 0 Å². The van der Waals surface area contributed by atoms with Crippen LogP contribution in [0.25, 0.3) is 0 Å². The first-order chi connectivity index (χ1) is 9.54. The van der Waals surface area contributed by atoms with E-state index in [0.717, 1.165) is 17.8 Å². The molecule has 0 aliphatic carbocycles. The molecule has 0 atom stereocenters. The molecule has 0 spiro atoms. The van der Waals surface area contributed by atoms with E-state index in [1.807, 2.05) is 0 Å². The molecule has 1 N–H and O–H groups in total. The number of nitrogens with zero attached hydrogens (tertiary/aromatic N) is 1. The Balaban J connectivity index is 1.80. The predicted molar refractivity (Wildman–Crippen MR) is 72.4 cm³/mol. The summed E-state index contributed by atoms with van der Waals surface area (Å²) >= 11 is 1.32. The molecule has 2 aromatic rings. The number of halogens is 2. The Labute approximate surface area is 118 Å². The molecule has 1 aromatic carbocycles. The van der Waals surface area contributed by atoms with Gasteiger partial charge in [0.2, 0.25) is 5.91 Å². The van der Waals surface area contributed by atoms with Gasteiger partial charge in [0.1, 0.15) is 17.4 Å². The van der Waals surface area contributed by atoms with Gasteiger partial charge < -0.3 is 9.84 Å². The van der Waals surface area contributed by atoms with Crippen LogP contribution in [0.2, 0.25) is 0 Å². The molecule has 1 aromatic heterocycles. The lowest BCUT2D eigenvalue weighted by Crippen LogP contribution is -2.15. The number of hydrogen-bond donors (Lipinski definition) is 1. The van der Waals surface area contributed by atoms with Crippen molar-refractivity contribution in [2.75, 3.05) is 11.1 Å². The van der Waals surface area contributed by atoms with Gasteiger partial charge in [-0.3, -0.25) is 4.79 Å². The fourth-order valence-electron chi connectivity index (χ4n) is 1.51. The van der Waals surface area contributed by atoms with Crippen LogP contribution in [-0.4, -0.2) is 16.8 Å². The van der Waals surface area contributed by atoms with Gasteiger partial charge in [0.05, 0.1) is 17.1 Å². The molecule has 0 aliphatic heterocycles. The van der Waals surface area contributed by atoms with Gasteiger partial charge in [-0.05, 0) is 19.1 Å². The highest BCUT2D eigenvalue weighted by molar-refractivity contribution is 7.99. The minimum atomic E-state index is -0.796. The summed E-state index contributed by atoms with van der Waals surface area (Å²) in [7, 11) is 0. The second-order valence-corrected chi connectivity index (χ2v) is 5.08. The van der Waals surface area contributed by atoms with Crippen LogP contribution < -0.4 is 5.32 Å². The van der Waals surface area contributed by atoms with E-state index in [2.05, 4.69) is 10.5 Å². The standard InChI is InChI=1S/C13H12F2N2O2S/c1-8-4-10(17-19-8)6-20-7-13(18)16-12-3-2-9(14)5-11(12)15/h2-5H,6-7H2,1H3,(H,16,18). The maximum atomic E-state index is 13.3. The largest absolute Gasteiger partial charge is 0.361 e. The molecule has 0 saturated carbocycles. The molecule has 7 heteroatoms. The monoisotopic (exact) mass is 298 g/mol. The maximum absolute atomic E-state index is 13.3. The van der Waals surface area contributed by atoms with Crippen LogP contribution in [0.3, 0.4) is 0 Å². The van der Waals surface area contributed by atoms with E-state index in [9.17, 15) is 13.6 Å². The lowest BCUT2D eigenvalue weighted by Gasteiger charge is -2.05. The molecule has 106 valence electrons. The zero-order valence-corrected chi connectivity index (χ0v) is 11.5. The Hall–Kier alpha value is -1.89. The Morgan fingerprint density at radius 3 is 2.85 bits per heavy atom. The van der Waals surface area contributed by atoms with Gasteiger partial charge in [0, 0.05) is 17.9 Å². The normalized spacial score (nSPS) is 10.6. The number of nitrogens with one attached hydrogen (secondary N) is 1. The van der Waals surface area contributed by atoms with Crippen LogP contribution in [-0.2, 0) is 10.5 Å². The summed E-state index contributed by atoms with van der Waals surface area (Å²) in [5, 5.41) is 6.17. The van der Waals surface area contributed by atoms with E-state index in [4.69, 9.17) is 4.52 Å². The molecule has 1 heterocycles. The van der Waals surface area contributed by atoms with Gasteiger partial charge in [0.15, 0.2) is 0 Å². The number of benzene rings is 1. The second-order valence-electron chi connectivity index (χ2n) is 4.09. The van der Waals surface area contributed by atoms with Gasteiger partial charge in [-0.15, -0.1) is 11.8 Å². The SMILES string of the molecule is Cc1cc(CSCC(=O)Nc2ccc(F)cc2F)no1. The van der Waals surface area contributed by atoms with E-state index < -0.39 is 11.6 Å². The van der Waals surface area contributed by atoms with Gasteiger partial charge in [0.25, 0.3) is 0 Å². The number of rotatable bonds is 5. The van der Waals surface area contributed by atoms with Gasteiger partial charge in [-0.1, -0.05) is 5.16 Å². The molecule has 0 bridgehead atoms. The third-order valence-electron chi connectivity index (χ3n) is 2.37. The molecule has 20 heavy (non-hydrogen) atoms. The third kappa shape index (κ3) is 4.06. The van der Waals surface area contributed by atoms with Crippen molar-refractivity contribution in [1.82, 2.24) is 5.16 Å². The van der Waals surface area contributed by atoms with Crippen molar-refractivity contribution in [3.05, 3.63) is 47.4 Å². The van der Waals surface area contributed by atoms with E-state index in [0.29, 0.717) is 11.5 Å². The molecule has 0 saturated heterocycles. The van der Waals surface area contributed by atoms with E-state index in [1.165, 1.54) is 17.8 Å². The molecular weight excluding hydrogens is 286 g/mol. The lowest BCUT2D eigenvalue weighted by atomic mass is 10.3. The fourth-order valence-corrected chi connectivity index (χ4v) is 2.22. The summed E-state index contributed by atoms with van der Waals surface area (Å²) in [5.41, 5.74) is 0.711. The summed E-state index contributed by atoms with van der Waals surface area (Å²) in [6.45, 7) is 1.78. The van der Waals surface area contributed by atoms with Crippen molar-refractivity contribution in [3.8, 4) is 0 Å². The van der Waals surface area contributed by atoms with Gasteiger partial charge in [-0.25, -0.2) is 8.78 Å². The number of hydrogen-bond acceptors (Lipinski definition) is 4. The molecule has 1 amide bonds. The van der Waals surface area contributed by atoms with Crippen molar-refractivity contribution in [2.45, 2.75) is 12.7 Å². The first-order valence-corrected chi connectivity index (χ1v) is 6.95. The quantitative estimate of drug-likeness (QED) is 0.921. The number of carbonyl (C=O) groups excluding carboxylic acids is 1. The Kier molecular flexibility index (Phi) is 4.73. The summed E-state index contributed by atoms with van der Waals surface area (Å²) < 4.78 is 30.9. The zero-order chi connectivity index (χ0) is 14.5. The van der Waals surface area contributed by atoms with E-state index in [1.54, 1.807) is 13.0 Å². The molecule has 0 radical (unpaired) electrons.